The van der Waals surface area contributed by atoms with Crippen LogP contribution in [0, 0.1) is 23.7 Å². The van der Waals surface area contributed by atoms with Crippen LogP contribution in [0.4, 0.5) is 0 Å². The van der Waals surface area contributed by atoms with Crippen molar-refractivity contribution in [2.24, 2.45) is 23.7 Å². The quantitative estimate of drug-likeness (QED) is 0.480. The average Bonchev–Trinajstić information content (AvgIpc) is 2.34. The fourth-order valence-corrected chi connectivity index (χ4v) is 2.42. The van der Waals surface area contributed by atoms with E-state index in [2.05, 4.69) is 27.7 Å². The lowest BCUT2D eigenvalue weighted by molar-refractivity contribution is -0.168. The van der Waals surface area contributed by atoms with Crippen molar-refractivity contribution in [2.45, 2.75) is 60.8 Å². The van der Waals surface area contributed by atoms with Crippen LogP contribution >= 0.6 is 0 Å². The van der Waals surface area contributed by atoms with Gasteiger partial charge in [0.05, 0.1) is 13.2 Å². The summed E-state index contributed by atoms with van der Waals surface area (Å²) in [5.41, 5.74) is 0. The minimum atomic E-state index is -0.885. The maximum atomic E-state index is 11.4. The van der Waals surface area contributed by atoms with E-state index in [1.807, 2.05) is 13.8 Å². The number of hydrogen-bond donors (Lipinski definition) is 0. The molecule has 2 atom stereocenters. The maximum Gasteiger partial charge on any atom is 0.417 e. The second-order valence-electron chi connectivity index (χ2n) is 6.99. The monoisotopic (exact) mass is 300 g/mol. The second kappa shape index (κ2) is 10.6. The van der Waals surface area contributed by atoms with E-state index < -0.39 is 11.9 Å². The van der Waals surface area contributed by atoms with Crippen LogP contribution in [0.5, 0.6) is 0 Å². The Labute approximate surface area is 129 Å². The van der Waals surface area contributed by atoms with Crippen LogP contribution < -0.4 is 0 Å². The van der Waals surface area contributed by atoms with Gasteiger partial charge in [0, 0.05) is 0 Å². The molecule has 0 radical (unpaired) electrons. The summed E-state index contributed by atoms with van der Waals surface area (Å²) in [6.45, 7) is 13.2. The third-order valence-electron chi connectivity index (χ3n) is 3.24. The number of hydrogen-bond acceptors (Lipinski definition) is 4. The molecule has 0 aliphatic rings. The molecular weight excluding hydrogens is 268 g/mol. The predicted molar refractivity (Wildman–Crippen MR) is 83.8 cm³/mol. The molecule has 0 bridgehead atoms. The minimum Gasteiger partial charge on any atom is -0.457 e. The van der Waals surface area contributed by atoms with Gasteiger partial charge in [-0.1, -0.05) is 41.5 Å². The van der Waals surface area contributed by atoms with Gasteiger partial charge in [-0.05, 0) is 42.9 Å². The molecule has 124 valence electrons. The number of esters is 2. The number of carbonyl (C=O) groups excluding carboxylic acids is 2. The molecular formula is C17H32O4. The van der Waals surface area contributed by atoms with Crippen LogP contribution in [-0.2, 0) is 19.1 Å². The lowest BCUT2D eigenvalue weighted by Gasteiger charge is -2.18. The molecule has 0 N–H and O–H groups in total. The first-order chi connectivity index (χ1) is 9.72. The van der Waals surface area contributed by atoms with Crippen molar-refractivity contribution in [1.82, 2.24) is 0 Å². The molecule has 0 amide bonds. The molecule has 4 nitrogen and oxygen atoms in total. The number of carbonyl (C=O) groups is 2. The molecule has 0 saturated carbocycles. The van der Waals surface area contributed by atoms with Crippen molar-refractivity contribution in [1.29, 1.82) is 0 Å². The summed E-state index contributed by atoms with van der Waals surface area (Å²) >= 11 is 0. The van der Waals surface area contributed by atoms with E-state index in [9.17, 15) is 9.59 Å². The fraction of sp³-hybridized carbons (Fsp3) is 0.882. The van der Waals surface area contributed by atoms with Gasteiger partial charge in [0.15, 0.2) is 0 Å². The minimum absolute atomic E-state index is 0.212. The lowest BCUT2D eigenvalue weighted by atomic mass is 9.89. The molecule has 0 aromatic carbocycles. The Morgan fingerprint density at radius 3 is 1.86 bits per heavy atom. The van der Waals surface area contributed by atoms with E-state index >= 15 is 0 Å². The Hall–Kier alpha value is -1.06. The van der Waals surface area contributed by atoms with E-state index in [1.54, 1.807) is 0 Å². The highest BCUT2D eigenvalue weighted by molar-refractivity contribution is 6.29. The van der Waals surface area contributed by atoms with Gasteiger partial charge in [0.1, 0.15) is 0 Å². The van der Waals surface area contributed by atoms with Crippen molar-refractivity contribution < 1.29 is 19.1 Å². The summed E-state index contributed by atoms with van der Waals surface area (Å²) in [6, 6.07) is 0. The zero-order valence-electron chi connectivity index (χ0n) is 14.5. The summed E-state index contributed by atoms with van der Waals surface area (Å²) in [4.78, 5) is 22.7. The molecule has 0 fully saturated rings. The number of ether oxygens (including phenoxy) is 2. The topological polar surface area (TPSA) is 52.6 Å². The smallest absolute Gasteiger partial charge is 0.417 e. The van der Waals surface area contributed by atoms with Gasteiger partial charge in [-0.25, -0.2) is 9.59 Å². The largest absolute Gasteiger partial charge is 0.457 e. The summed E-state index contributed by atoms with van der Waals surface area (Å²) in [5, 5.41) is 0. The molecule has 0 aliphatic heterocycles. The molecule has 0 rings (SSSR count). The Morgan fingerprint density at radius 1 is 0.762 bits per heavy atom. The van der Waals surface area contributed by atoms with E-state index in [0.717, 1.165) is 12.8 Å². The first-order valence-electron chi connectivity index (χ1n) is 8.06. The highest BCUT2D eigenvalue weighted by Gasteiger charge is 2.18. The highest BCUT2D eigenvalue weighted by Crippen LogP contribution is 2.21. The predicted octanol–water partition coefficient (Wildman–Crippen LogP) is 3.83. The highest BCUT2D eigenvalue weighted by atomic mass is 16.6. The molecule has 0 spiro atoms. The summed E-state index contributed by atoms with van der Waals surface area (Å²) in [7, 11) is 0. The Bertz CT molecular complexity index is 310. The summed E-state index contributed by atoms with van der Waals surface area (Å²) < 4.78 is 9.77. The molecule has 21 heavy (non-hydrogen) atoms. The van der Waals surface area contributed by atoms with Gasteiger partial charge < -0.3 is 9.47 Å². The Morgan fingerprint density at radius 2 is 1.33 bits per heavy atom. The van der Waals surface area contributed by atoms with Gasteiger partial charge >= 0.3 is 11.9 Å². The first-order valence-corrected chi connectivity index (χ1v) is 8.06. The second-order valence-corrected chi connectivity index (χ2v) is 6.99. The zero-order chi connectivity index (χ0) is 16.4. The number of rotatable bonds is 9. The molecule has 2 unspecified atom stereocenters. The van der Waals surface area contributed by atoms with Crippen molar-refractivity contribution in [3.63, 3.8) is 0 Å². The van der Waals surface area contributed by atoms with Crippen molar-refractivity contribution in [3.05, 3.63) is 0 Å². The Balaban J connectivity index is 3.81. The van der Waals surface area contributed by atoms with Crippen LogP contribution in [-0.4, -0.2) is 25.2 Å². The Kier molecular flexibility index (Phi) is 10.1. The average molecular weight is 300 g/mol. The standard InChI is InChI=1S/C17H32O4/c1-12(2)9-15(6)10-14(5)7-8-20-16(18)17(19)21-11-13(3)4/h12-15H,7-11H2,1-6H3. The van der Waals surface area contributed by atoms with Gasteiger partial charge in [-0.2, -0.15) is 0 Å². The fourth-order valence-electron chi connectivity index (χ4n) is 2.42. The van der Waals surface area contributed by atoms with E-state index in [0.29, 0.717) is 17.8 Å². The first kappa shape index (κ1) is 19.9. The maximum absolute atomic E-state index is 11.4. The van der Waals surface area contributed by atoms with Gasteiger partial charge in [0.25, 0.3) is 0 Å². The molecule has 0 aromatic heterocycles. The van der Waals surface area contributed by atoms with E-state index in [4.69, 9.17) is 9.47 Å². The molecule has 0 heterocycles. The van der Waals surface area contributed by atoms with Crippen molar-refractivity contribution in [3.8, 4) is 0 Å². The van der Waals surface area contributed by atoms with Gasteiger partial charge in [-0.15, -0.1) is 0 Å². The van der Waals surface area contributed by atoms with Crippen LogP contribution in [0.2, 0.25) is 0 Å². The third-order valence-corrected chi connectivity index (χ3v) is 3.24. The van der Waals surface area contributed by atoms with Crippen LogP contribution in [0.1, 0.15) is 60.8 Å². The van der Waals surface area contributed by atoms with E-state index in [-0.39, 0.29) is 19.1 Å². The van der Waals surface area contributed by atoms with Crippen molar-refractivity contribution >= 4 is 11.9 Å². The molecule has 0 aromatic rings. The molecule has 0 saturated heterocycles. The molecule has 0 aliphatic carbocycles. The lowest BCUT2D eigenvalue weighted by Crippen LogP contribution is -2.23. The SMILES string of the molecule is CC(C)COC(=O)C(=O)OCCC(C)CC(C)CC(C)C. The van der Waals surface area contributed by atoms with Crippen LogP contribution in [0.25, 0.3) is 0 Å². The van der Waals surface area contributed by atoms with Crippen LogP contribution in [0.15, 0.2) is 0 Å². The van der Waals surface area contributed by atoms with Gasteiger partial charge in [-0.3, -0.25) is 0 Å². The zero-order valence-corrected chi connectivity index (χ0v) is 14.5. The molecule has 4 heteroatoms. The summed E-state index contributed by atoms with van der Waals surface area (Å²) in [6.07, 6.45) is 3.12. The van der Waals surface area contributed by atoms with Crippen molar-refractivity contribution in [2.75, 3.05) is 13.2 Å². The summed E-state index contributed by atoms with van der Waals surface area (Å²) in [5.74, 6) is 0.317. The van der Waals surface area contributed by atoms with Crippen LogP contribution in [0.3, 0.4) is 0 Å². The third kappa shape index (κ3) is 11.3. The van der Waals surface area contributed by atoms with Gasteiger partial charge in [0.2, 0.25) is 0 Å². The normalized spacial score (nSPS) is 14.1. The van der Waals surface area contributed by atoms with E-state index in [1.165, 1.54) is 6.42 Å².